The molecule has 4 nitrogen and oxygen atoms in total. The maximum Gasteiger partial charge on any atom is 0.349 e. The van der Waals surface area contributed by atoms with Crippen LogP contribution in [-0.4, -0.2) is 24.6 Å². The number of ether oxygens (including phenoxy) is 2. The second kappa shape index (κ2) is 6.02. The maximum atomic E-state index is 12.0. The Bertz CT molecular complexity index is 506. The van der Waals surface area contributed by atoms with Gasteiger partial charge in [0.2, 0.25) is 0 Å². The van der Waals surface area contributed by atoms with Gasteiger partial charge in [-0.15, -0.1) is 11.3 Å². The van der Waals surface area contributed by atoms with Crippen molar-refractivity contribution in [1.82, 2.24) is 0 Å². The van der Waals surface area contributed by atoms with E-state index in [1.54, 1.807) is 24.4 Å². The van der Waals surface area contributed by atoms with E-state index >= 15 is 0 Å². The minimum atomic E-state index is -0.542. The van der Waals surface area contributed by atoms with Gasteiger partial charge in [0.1, 0.15) is 10.5 Å². The van der Waals surface area contributed by atoms with Gasteiger partial charge in [0.25, 0.3) is 0 Å². The van der Waals surface area contributed by atoms with Crippen molar-refractivity contribution in [3.8, 4) is 0 Å². The molecule has 104 valence electrons. The van der Waals surface area contributed by atoms with Crippen molar-refractivity contribution in [1.29, 1.82) is 0 Å². The molecular formula is C14H18O4S. The number of hydrogen-bond donors (Lipinski definition) is 0. The van der Waals surface area contributed by atoms with Crippen LogP contribution in [0.2, 0.25) is 0 Å². The zero-order chi connectivity index (χ0) is 14.6. The lowest BCUT2D eigenvalue weighted by Crippen LogP contribution is -2.23. The zero-order valence-electron chi connectivity index (χ0n) is 11.8. The number of esters is 2. The molecule has 5 heteroatoms. The van der Waals surface area contributed by atoms with Gasteiger partial charge in [-0.1, -0.05) is 0 Å². The molecular weight excluding hydrogens is 264 g/mol. The van der Waals surface area contributed by atoms with Gasteiger partial charge in [0.15, 0.2) is 0 Å². The van der Waals surface area contributed by atoms with Crippen LogP contribution >= 0.6 is 11.3 Å². The standard InChI is InChI=1S/C14H18O4S/c1-9(12(15)17-5)8-10-6-7-19-11(10)13(16)18-14(2,3)4/h6-8H,1-5H3. The monoisotopic (exact) mass is 282 g/mol. The van der Waals surface area contributed by atoms with Crippen molar-refractivity contribution >= 4 is 29.4 Å². The molecule has 0 aromatic carbocycles. The van der Waals surface area contributed by atoms with Crippen LogP contribution in [0.5, 0.6) is 0 Å². The normalized spacial score (nSPS) is 12.2. The molecule has 0 N–H and O–H groups in total. The molecule has 0 saturated heterocycles. The molecule has 0 aliphatic carbocycles. The number of thiophene rings is 1. The molecule has 1 aromatic rings. The molecule has 0 bridgehead atoms. The molecule has 0 aliphatic rings. The van der Waals surface area contributed by atoms with Gasteiger partial charge in [-0.05, 0) is 45.2 Å². The number of carbonyl (C=O) groups is 2. The Balaban J connectivity index is 2.99. The van der Waals surface area contributed by atoms with E-state index in [2.05, 4.69) is 4.74 Å². The fourth-order valence-electron chi connectivity index (χ4n) is 1.38. The zero-order valence-corrected chi connectivity index (χ0v) is 12.6. The van der Waals surface area contributed by atoms with Crippen molar-refractivity contribution in [2.45, 2.75) is 33.3 Å². The Morgan fingerprint density at radius 3 is 2.47 bits per heavy atom. The predicted molar refractivity (Wildman–Crippen MR) is 75.2 cm³/mol. The summed E-state index contributed by atoms with van der Waals surface area (Å²) in [6, 6.07) is 1.77. The van der Waals surface area contributed by atoms with Crippen molar-refractivity contribution in [3.05, 3.63) is 27.5 Å². The molecule has 0 fully saturated rings. The predicted octanol–water partition coefficient (Wildman–Crippen LogP) is 3.28. The van der Waals surface area contributed by atoms with E-state index in [1.807, 2.05) is 20.8 Å². The Labute approximate surface area is 117 Å². The van der Waals surface area contributed by atoms with Crippen LogP contribution in [-0.2, 0) is 14.3 Å². The quantitative estimate of drug-likeness (QED) is 0.630. The molecule has 0 aliphatic heterocycles. The van der Waals surface area contributed by atoms with Crippen molar-refractivity contribution in [3.63, 3.8) is 0 Å². The molecule has 0 atom stereocenters. The van der Waals surface area contributed by atoms with Gasteiger partial charge in [-0.25, -0.2) is 9.59 Å². The summed E-state index contributed by atoms with van der Waals surface area (Å²) in [4.78, 5) is 23.8. The summed E-state index contributed by atoms with van der Waals surface area (Å²) in [6.45, 7) is 7.08. The lowest BCUT2D eigenvalue weighted by Gasteiger charge is -2.19. The first kappa shape index (κ1) is 15.4. The maximum absolute atomic E-state index is 12.0. The van der Waals surface area contributed by atoms with Crippen LogP contribution in [0, 0.1) is 0 Å². The molecule has 0 spiro atoms. The SMILES string of the molecule is COC(=O)C(C)=Cc1ccsc1C(=O)OC(C)(C)C. The molecule has 0 amide bonds. The first-order chi connectivity index (χ1) is 8.74. The van der Waals surface area contributed by atoms with E-state index in [9.17, 15) is 9.59 Å². The average Bonchev–Trinajstić information content (AvgIpc) is 2.73. The largest absolute Gasteiger partial charge is 0.466 e. The van der Waals surface area contributed by atoms with Crippen LogP contribution in [0.25, 0.3) is 6.08 Å². The Morgan fingerprint density at radius 1 is 1.32 bits per heavy atom. The summed E-state index contributed by atoms with van der Waals surface area (Å²) in [5.41, 5.74) is 0.562. The topological polar surface area (TPSA) is 52.6 Å². The van der Waals surface area contributed by atoms with Crippen LogP contribution in [0.3, 0.4) is 0 Å². The minimum Gasteiger partial charge on any atom is -0.466 e. The lowest BCUT2D eigenvalue weighted by molar-refractivity contribution is -0.135. The van der Waals surface area contributed by atoms with E-state index in [4.69, 9.17) is 4.74 Å². The van der Waals surface area contributed by atoms with Crippen molar-refractivity contribution in [2.24, 2.45) is 0 Å². The Hall–Kier alpha value is -1.62. The second-order valence-corrected chi connectivity index (χ2v) is 5.94. The van der Waals surface area contributed by atoms with Gasteiger partial charge in [0, 0.05) is 11.1 Å². The smallest absolute Gasteiger partial charge is 0.349 e. The number of carbonyl (C=O) groups excluding carboxylic acids is 2. The molecule has 1 aromatic heterocycles. The molecule has 0 unspecified atom stereocenters. The third-order valence-corrected chi connectivity index (χ3v) is 3.07. The lowest BCUT2D eigenvalue weighted by atomic mass is 10.1. The Kier molecular flexibility index (Phi) is 4.89. The first-order valence-electron chi connectivity index (χ1n) is 5.82. The third kappa shape index (κ3) is 4.52. The van der Waals surface area contributed by atoms with E-state index in [0.29, 0.717) is 16.0 Å². The van der Waals surface area contributed by atoms with Crippen molar-refractivity contribution in [2.75, 3.05) is 7.11 Å². The minimum absolute atomic E-state index is 0.383. The summed E-state index contributed by atoms with van der Waals surface area (Å²) < 4.78 is 9.94. The average molecular weight is 282 g/mol. The molecule has 0 saturated carbocycles. The van der Waals surface area contributed by atoms with Gasteiger partial charge in [0.05, 0.1) is 7.11 Å². The van der Waals surface area contributed by atoms with Gasteiger partial charge < -0.3 is 9.47 Å². The van der Waals surface area contributed by atoms with Gasteiger partial charge in [-0.3, -0.25) is 0 Å². The second-order valence-electron chi connectivity index (χ2n) is 5.03. The van der Waals surface area contributed by atoms with Crippen LogP contribution in [0.15, 0.2) is 17.0 Å². The number of methoxy groups -OCH3 is 1. The van der Waals surface area contributed by atoms with Gasteiger partial charge >= 0.3 is 11.9 Å². The first-order valence-corrected chi connectivity index (χ1v) is 6.70. The third-order valence-electron chi connectivity index (χ3n) is 2.16. The van der Waals surface area contributed by atoms with E-state index < -0.39 is 11.6 Å². The summed E-state index contributed by atoms with van der Waals surface area (Å²) in [5, 5.41) is 1.79. The highest BCUT2D eigenvalue weighted by atomic mass is 32.1. The highest BCUT2D eigenvalue weighted by Gasteiger charge is 2.21. The Morgan fingerprint density at radius 2 is 1.95 bits per heavy atom. The summed E-state index contributed by atoms with van der Waals surface area (Å²) in [7, 11) is 1.32. The van der Waals surface area contributed by atoms with E-state index in [0.717, 1.165) is 0 Å². The van der Waals surface area contributed by atoms with Crippen LogP contribution < -0.4 is 0 Å². The van der Waals surface area contributed by atoms with E-state index in [-0.39, 0.29) is 5.97 Å². The fourth-order valence-corrected chi connectivity index (χ4v) is 2.13. The molecule has 1 heterocycles. The number of hydrogen-bond acceptors (Lipinski definition) is 5. The molecule has 0 radical (unpaired) electrons. The van der Waals surface area contributed by atoms with Crippen LogP contribution in [0.1, 0.15) is 42.9 Å². The highest BCUT2D eigenvalue weighted by molar-refractivity contribution is 7.12. The van der Waals surface area contributed by atoms with Crippen LogP contribution in [0.4, 0.5) is 0 Å². The molecule has 1 rings (SSSR count). The number of rotatable bonds is 3. The van der Waals surface area contributed by atoms with Crippen molar-refractivity contribution < 1.29 is 19.1 Å². The summed E-state index contributed by atoms with van der Waals surface area (Å²) >= 11 is 1.29. The molecule has 19 heavy (non-hydrogen) atoms. The fraction of sp³-hybridized carbons (Fsp3) is 0.429. The van der Waals surface area contributed by atoms with E-state index in [1.165, 1.54) is 18.4 Å². The highest BCUT2D eigenvalue weighted by Crippen LogP contribution is 2.23. The summed E-state index contributed by atoms with van der Waals surface area (Å²) in [6.07, 6.45) is 1.63. The summed E-state index contributed by atoms with van der Waals surface area (Å²) in [5.74, 6) is -0.798. The van der Waals surface area contributed by atoms with Gasteiger partial charge in [-0.2, -0.15) is 0 Å².